The maximum absolute atomic E-state index is 11.8. The fourth-order valence-electron chi connectivity index (χ4n) is 1.90. The highest BCUT2D eigenvalue weighted by Crippen LogP contribution is 2.10. The minimum absolute atomic E-state index is 0.0904. The van der Waals surface area contributed by atoms with E-state index in [1.54, 1.807) is 0 Å². The summed E-state index contributed by atoms with van der Waals surface area (Å²) in [5.74, 6) is -1.00. The summed E-state index contributed by atoms with van der Waals surface area (Å²) in [6.45, 7) is 1.69. The van der Waals surface area contributed by atoms with Crippen LogP contribution in [0.15, 0.2) is 36.5 Å². The molecular weight excluding hydrogens is 344 g/mol. The minimum Gasteiger partial charge on any atom is -0.480 e. The molecule has 0 saturated carbocycles. The van der Waals surface area contributed by atoms with Crippen LogP contribution >= 0.6 is 11.8 Å². The number of aromatic nitrogens is 2. The number of thioether (sulfide) groups is 1. The third kappa shape index (κ3) is 6.68. The number of rotatable bonds is 8. The molecule has 0 aliphatic rings. The number of amides is 2. The van der Waals surface area contributed by atoms with Gasteiger partial charge in [-0.15, -0.1) is 11.8 Å². The number of hydrogen-bond donors (Lipinski definition) is 3. The Balaban J connectivity index is 1.69. The Morgan fingerprint density at radius 1 is 1.08 bits per heavy atom. The van der Waals surface area contributed by atoms with Gasteiger partial charge in [0.05, 0.1) is 11.5 Å². The molecule has 8 nitrogen and oxygen atoms in total. The number of benzene rings is 1. The molecule has 1 heterocycles. The van der Waals surface area contributed by atoms with Gasteiger partial charge in [0.15, 0.2) is 5.82 Å². The predicted molar refractivity (Wildman–Crippen MR) is 95.6 cm³/mol. The zero-order valence-electron chi connectivity index (χ0n) is 13.6. The number of hydrogen-bond acceptors (Lipinski definition) is 5. The molecule has 0 spiro atoms. The Bertz CT molecular complexity index is 758. The van der Waals surface area contributed by atoms with Gasteiger partial charge in [-0.3, -0.25) is 19.1 Å². The molecule has 25 heavy (non-hydrogen) atoms. The van der Waals surface area contributed by atoms with E-state index in [0.29, 0.717) is 5.69 Å². The predicted octanol–water partition coefficient (Wildman–Crippen LogP) is 1.59. The zero-order valence-corrected chi connectivity index (χ0v) is 14.4. The molecule has 2 amide bonds. The largest absolute Gasteiger partial charge is 0.480 e. The highest BCUT2D eigenvalue weighted by molar-refractivity contribution is 8.00. The number of carbonyl (C=O) groups excluding carboxylic acids is 2. The average molecular weight is 362 g/mol. The van der Waals surface area contributed by atoms with E-state index in [-0.39, 0.29) is 35.7 Å². The van der Waals surface area contributed by atoms with Crippen LogP contribution in [-0.2, 0) is 20.9 Å². The summed E-state index contributed by atoms with van der Waals surface area (Å²) in [4.78, 5) is 34.2. The van der Waals surface area contributed by atoms with Crippen molar-refractivity contribution in [2.45, 2.75) is 13.5 Å². The van der Waals surface area contributed by atoms with Crippen LogP contribution in [0.2, 0.25) is 0 Å². The Kier molecular flexibility index (Phi) is 6.58. The van der Waals surface area contributed by atoms with Crippen LogP contribution < -0.4 is 10.6 Å². The van der Waals surface area contributed by atoms with E-state index >= 15 is 0 Å². The van der Waals surface area contributed by atoms with Crippen LogP contribution in [0.3, 0.4) is 0 Å². The summed E-state index contributed by atoms with van der Waals surface area (Å²) in [5, 5.41) is 17.9. The number of anilines is 2. The fraction of sp³-hybridized carbons (Fsp3) is 0.250. The van der Waals surface area contributed by atoms with Gasteiger partial charge in [0.25, 0.3) is 0 Å². The quantitative estimate of drug-likeness (QED) is 0.657. The Morgan fingerprint density at radius 3 is 2.36 bits per heavy atom. The third-order valence-corrected chi connectivity index (χ3v) is 3.94. The van der Waals surface area contributed by atoms with Crippen LogP contribution in [0.25, 0.3) is 0 Å². The number of aliphatic carboxylic acids is 1. The van der Waals surface area contributed by atoms with Crippen molar-refractivity contribution in [2.24, 2.45) is 0 Å². The molecule has 3 N–H and O–H groups in total. The van der Waals surface area contributed by atoms with E-state index in [9.17, 15) is 14.4 Å². The monoisotopic (exact) mass is 362 g/mol. The maximum atomic E-state index is 11.8. The van der Waals surface area contributed by atoms with Crippen molar-refractivity contribution in [3.8, 4) is 0 Å². The Labute approximate surface area is 148 Å². The number of nitrogens with zero attached hydrogens (tertiary/aromatic N) is 2. The van der Waals surface area contributed by atoms with Crippen molar-refractivity contribution >= 4 is 41.1 Å². The van der Waals surface area contributed by atoms with E-state index in [2.05, 4.69) is 15.7 Å². The molecule has 0 radical (unpaired) electrons. The van der Waals surface area contributed by atoms with Gasteiger partial charge >= 0.3 is 5.97 Å². The summed E-state index contributed by atoms with van der Waals surface area (Å²) in [6.07, 6.45) is 1.46. The molecule has 1 aromatic carbocycles. The van der Waals surface area contributed by atoms with E-state index in [0.717, 1.165) is 5.56 Å². The Morgan fingerprint density at radius 2 is 1.72 bits per heavy atom. The lowest BCUT2D eigenvalue weighted by atomic mass is 10.2. The summed E-state index contributed by atoms with van der Waals surface area (Å²) < 4.78 is 1.21. The van der Waals surface area contributed by atoms with Gasteiger partial charge in [0.2, 0.25) is 11.8 Å². The smallest absolute Gasteiger partial charge is 0.325 e. The van der Waals surface area contributed by atoms with Crippen LogP contribution in [0.5, 0.6) is 0 Å². The van der Waals surface area contributed by atoms with Gasteiger partial charge in [0.1, 0.15) is 6.54 Å². The fourth-order valence-corrected chi connectivity index (χ4v) is 2.52. The highest BCUT2D eigenvalue weighted by atomic mass is 32.2. The molecule has 0 fully saturated rings. The van der Waals surface area contributed by atoms with Gasteiger partial charge in [-0.05, 0) is 19.1 Å². The van der Waals surface area contributed by atoms with Gasteiger partial charge in [-0.1, -0.05) is 17.7 Å². The second-order valence-corrected chi connectivity index (χ2v) is 6.23. The number of carbonyl (C=O) groups is 3. The van der Waals surface area contributed by atoms with Gasteiger partial charge in [-0.2, -0.15) is 5.10 Å². The van der Waals surface area contributed by atoms with Crippen LogP contribution in [0, 0.1) is 6.92 Å². The lowest BCUT2D eigenvalue weighted by Crippen LogP contribution is -2.19. The zero-order chi connectivity index (χ0) is 18.2. The van der Waals surface area contributed by atoms with Gasteiger partial charge in [0, 0.05) is 18.0 Å². The summed E-state index contributed by atoms with van der Waals surface area (Å²) in [6, 6.07) is 8.95. The van der Waals surface area contributed by atoms with Crippen molar-refractivity contribution in [3.05, 3.63) is 42.1 Å². The average Bonchev–Trinajstić information content (AvgIpc) is 2.95. The van der Waals surface area contributed by atoms with Crippen molar-refractivity contribution in [1.29, 1.82) is 0 Å². The first kappa shape index (κ1) is 18.5. The lowest BCUT2D eigenvalue weighted by Gasteiger charge is -2.05. The first-order chi connectivity index (χ1) is 11.9. The van der Waals surface area contributed by atoms with Gasteiger partial charge < -0.3 is 15.7 Å². The molecular formula is C16H18N4O4S. The van der Waals surface area contributed by atoms with E-state index in [1.165, 1.54) is 28.7 Å². The molecule has 0 bridgehead atoms. The summed E-state index contributed by atoms with van der Waals surface area (Å²) >= 11 is 1.18. The highest BCUT2D eigenvalue weighted by Gasteiger charge is 2.09. The van der Waals surface area contributed by atoms with E-state index in [4.69, 9.17) is 5.11 Å². The SMILES string of the molecule is Cc1ccc(NC(=O)CSCC(=O)Nc2ccn(CC(=O)O)n2)cc1. The maximum Gasteiger partial charge on any atom is 0.325 e. The number of aryl methyl sites for hydroxylation is 1. The number of nitrogens with one attached hydrogen (secondary N) is 2. The topological polar surface area (TPSA) is 113 Å². The molecule has 0 aliphatic carbocycles. The molecule has 0 unspecified atom stereocenters. The summed E-state index contributed by atoms with van der Waals surface area (Å²) in [7, 11) is 0. The third-order valence-electron chi connectivity index (χ3n) is 3.01. The van der Waals surface area contributed by atoms with Crippen molar-refractivity contribution in [3.63, 3.8) is 0 Å². The summed E-state index contributed by atoms with van der Waals surface area (Å²) in [5.41, 5.74) is 1.82. The molecule has 9 heteroatoms. The molecule has 0 aliphatic heterocycles. The van der Waals surface area contributed by atoms with Gasteiger partial charge in [-0.25, -0.2) is 0 Å². The van der Waals surface area contributed by atoms with E-state index in [1.807, 2.05) is 31.2 Å². The molecule has 0 atom stereocenters. The van der Waals surface area contributed by atoms with Crippen LogP contribution in [0.1, 0.15) is 5.56 Å². The number of carboxylic acids is 1. The van der Waals surface area contributed by atoms with Crippen molar-refractivity contribution < 1.29 is 19.5 Å². The number of carboxylic acid groups (broad SMARTS) is 1. The van der Waals surface area contributed by atoms with Crippen molar-refractivity contribution in [1.82, 2.24) is 9.78 Å². The minimum atomic E-state index is -1.02. The molecule has 2 rings (SSSR count). The normalized spacial score (nSPS) is 10.3. The molecule has 1 aromatic heterocycles. The lowest BCUT2D eigenvalue weighted by molar-refractivity contribution is -0.137. The second kappa shape index (κ2) is 8.88. The first-order valence-electron chi connectivity index (χ1n) is 7.42. The Hall–Kier alpha value is -2.81. The van der Waals surface area contributed by atoms with Crippen molar-refractivity contribution in [2.75, 3.05) is 22.1 Å². The van der Waals surface area contributed by atoms with E-state index < -0.39 is 5.97 Å². The standard InChI is InChI=1S/C16H18N4O4S/c1-11-2-4-12(5-3-11)17-14(21)9-25-10-15(22)18-13-6-7-20(19-13)8-16(23)24/h2-7H,8-10H2,1H3,(H,17,21)(H,23,24)(H,18,19,22). The first-order valence-corrected chi connectivity index (χ1v) is 8.57. The molecule has 2 aromatic rings. The molecule has 0 saturated heterocycles. The van der Waals surface area contributed by atoms with Crippen LogP contribution in [-0.4, -0.2) is 44.2 Å². The van der Waals surface area contributed by atoms with Crippen LogP contribution in [0.4, 0.5) is 11.5 Å². The second-order valence-electron chi connectivity index (χ2n) is 5.25. The molecule has 132 valence electrons.